The predicted molar refractivity (Wildman–Crippen MR) is 105 cm³/mol. The minimum atomic E-state index is -0.429. The molecule has 0 aliphatic rings. The Labute approximate surface area is 163 Å². The Morgan fingerprint density at radius 1 is 0.893 bits per heavy atom. The molecule has 0 atom stereocenters. The van der Waals surface area contributed by atoms with Crippen LogP contribution in [0, 0.1) is 0 Å². The van der Waals surface area contributed by atoms with E-state index >= 15 is 0 Å². The van der Waals surface area contributed by atoms with Crippen LogP contribution in [0.15, 0.2) is 36.4 Å². The summed E-state index contributed by atoms with van der Waals surface area (Å²) < 4.78 is 20.6. The van der Waals surface area contributed by atoms with Gasteiger partial charge in [0, 0.05) is 12.2 Å². The summed E-state index contributed by atoms with van der Waals surface area (Å²) in [4.78, 5) is 23.4. The van der Waals surface area contributed by atoms with Crippen LogP contribution in [-0.4, -0.2) is 47.0 Å². The summed E-state index contributed by atoms with van der Waals surface area (Å²) in [5, 5.41) is 5.48. The number of anilines is 1. The lowest BCUT2D eigenvalue weighted by atomic mass is 10.1. The van der Waals surface area contributed by atoms with Gasteiger partial charge in [-0.1, -0.05) is 0 Å². The number of amides is 2. The van der Waals surface area contributed by atoms with Gasteiger partial charge in [-0.25, -0.2) is 9.59 Å². The second kappa shape index (κ2) is 10.1. The molecule has 0 heterocycles. The average Bonchev–Trinajstić information content (AvgIpc) is 2.72. The van der Waals surface area contributed by atoms with Crippen LogP contribution >= 0.6 is 0 Å². The third-order valence-electron chi connectivity index (χ3n) is 3.99. The monoisotopic (exact) mass is 388 g/mol. The van der Waals surface area contributed by atoms with Crippen molar-refractivity contribution in [2.45, 2.75) is 6.42 Å². The zero-order valence-electron chi connectivity index (χ0n) is 16.3. The Kier molecular flexibility index (Phi) is 7.50. The van der Waals surface area contributed by atoms with Crippen LogP contribution in [0.2, 0.25) is 0 Å². The molecule has 0 fully saturated rings. The smallest absolute Gasteiger partial charge is 0.337 e. The van der Waals surface area contributed by atoms with Crippen molar-refractivity contribution in [2.24, 2.45) is 0 Å². The molecule has 0 saturated heterocycles. The van der Waals surface area contributed by atoms with Crippen molar-refractivity contribution in [2.75, 3.05) is 40.3 Å². The Balaban J connectivity index is 1.90. The lowest BCUT2D eigenvalue weighted by Gasteiger charge is -2.14. The highest BCUT2D eigenvalue weighted by molar-refractivity contribution is 5.92. The van der Waals surface area contributed by atoms with Gasteiger partial charge in [0.05, 0.1) is 34.0 Å². The maximum Gasteiger partial charge on any atom is 0.337 e. The van der Waals surface area contributed by atoms with Crippen molar-refractivity contribution < 1.29 is 28.5 Å². The molecular formula is C20H24N2O6. The van der Waals surface area contributed by atoms with E-state index in [1.54, 1.807) is 45.6 Å². The number of carbonyl (C=O) groups excluding carboxylic acids is 2. The number of esters is 1. The molecule has 0 aliphatic carbocycles. The minimum absolute atomic E-state index is 0.349. The predicted octanol–water partition coefficient (Wildman–Crippen LogP) is 2.86. The summed E-state index contributed by atoms with van der Waals surface area (Å²) in [6.07, 6.45) is 0.575. The zero-order chi connectivity index (χ0) is 20.5. The molecule has 8 heteroatoms. The van der Waals surface area contributed by atoms with E-state index in [9.17, 15) is 9.59 Å². The van der Waals surface area contributed by atoms with Crippen LogP contribution in [-0.2, 0) is 11.2 Å². The first-order valence-electron chi connectivity index (χ1n) is 8.54. The second-order valence-electron chi connectivity index (χ2n) is 5.73. The molecule has 0 aromatic heterocycles. The van der Waals surface area contributed by atoms with Crippen LogP contribution in [0.3, 0.4) is 0 Å². The number of benzene rings is 2. The molecule has 0 aliphatic heterocycles. The zero-order valence-corrected chi connectivity index (χ0v) is 16.3. The fourth-order valence-corrected chi connectivity index (χ4v) is 2.58. The molecule has 0 unspecified atom stereocenters. The molecule has 2 amide bonds. The highest BCUT2D eigenvalue weighted by Gasteiger charge is 2.13. The molecule has 2 aromatic carbocycles. The number of urea groups is 1. The molecule has 28 heavy (non-hydrogen) atoms. The molecule has 0 spiro atoms. The molecule has 2 aromatic rings. The number of rotatable bonds is 8. The first kappa shape index (κ1) is 20.9. The van der Waals surface area contributed by atoms with Gasteiger partial charge in [0.15, 0.2) is 11.5 Å². The van der Waals surface area contributed by atoms with Gasteiger partial charge in [-0.2, -0.15) is 0 Å². The largest absolute Gasteiger partial charge is 0.493 e. The molecule has 8 nitrogen and oxygen atoms in total. The first-order valence-corrected chi connectivity index (χ1v) is 8.54. The lowest BCUT2D eigenvalue weighted by Crippen LogP contribution is -2.30. The molecule has 150 valence electrons. The maximum absolute atomic E-state index is 12.0. The van der Waals surface area contributed by atoms with E-state index in [1.165, 1.54) is 7.11 Å². The van der Waals surface area contributed by atoms with Gasteiger partial charge < -0.3 is 29.6 Å². The van der Waals surface area contributed by atoms with Crippen LogP contribution in [0.4, 0.5) is 10.5 Å². The van der Waals surface area contributed by atoms with E-state index in [2.05, 4.69) is 15.4 Å². The first-order chi connectivity index (χ1) is 13.5. The lowest BCUT2D eigenvalue weighted by molar-refractivity contribution is 0.0600. The van der Waals surface area contributed by atoms with E-state index in [0.717, 1.165) is 5.56 Å². The quantitative estimate of drug-likeness (QED) is 0.675. The third kappa shape index (κ3) is 5.29. The van der Waals surface area contributed by atoms with Crippen LogP contribution in [0.5, 0.6) is 17.2 Å². The molecule has 0 saturated carbocycles. The number of hydrogen-bond donors (Lipinski definition) is 2. The summed E-state index contributed by atoms with van der Waals surface area (Å²) in [5.74, 6) is 1.22. The van der Waals surface area contributed by atoms with E-state index in [4.69, 9.17) is 14.2 Å². The number of carbonyl (C=O) groups is 2. The topological polar surface area (TPSA) is 95.1 Å². The second-order valence-corrected chi connectivity index (χ2v) is 5.73. The van der Waals surface area contributed by atoms with Gasteiger partial charge in [0.2, 0.25) is 5.75 Å². The average molecular weight is 388 g/mol. The Morgan fingerprint density at radius 3 is 2.00 bits per heavy atom. The van der Waals surface area contributed by atoms with E-state index in [0.29, 0.717) is 41.5 Å². The Morgan fingerprint density at radius 2 is 1.50 bits per heavy atom. The van der Waals surface area contributed by atoms with E-state index < -0.39 is 5.97 Å². The van der Waals surface area contributed by atoms with Crippen molar-refractivity contribution in [1.82, 2.24) is 5.32 Å². The highest BCUT2D eigenvalue weighted by Crippen LogP contribution is 2.38. The van der Waals surface area contributed by atoms with Gasteiger partial charge >= 0.3 is 12.0 Å². The SMILES string of the molecule is COC(=O)c1ccc(NC(=O)NCCc2cc(OC)c(OC)c(OC)c2)cc1. The van der Waals surface area contributed by atoms with E-state index in [-0.39, 0.29) is 6.03 Å². The highest BCUT2D eigenvalue weighted by atomic mass is 16.5. The Hall–Kier alpha value is -3.42. The van der Waals surface area contributed by atoms with Crippen molar-refractivity contribution in [1.29, 1.82) is 0 Å². The van der Waals surface area contributed by atoms with Gasteiger partial charge in [0.25, 0.3) is 0 Å². The Bertz CT molecular complexity index is 795. The molecule has 0 radical (unpaired) electrons. The summed E-state index contributed by atoms with van der Waals surface area (Å²) in [5.41, 5.74) is 1.91. The number of methoxy groups -OCH3 is 4. The van der Waals surface area contributed by atoms with E-state index in [1.807, 2.05) is 12.1 Å². The van der Waals surface area contributed by atoms with Crippen molar-refractivity contribution in [3.05, 3.63) is 47.5 Å². The van der Waals surface area contributed by atoms with Gasteiger partial charge in [0.1, 0.15) is 0 Å². The fourth-order valence-electron chi connectivity index (χ4n) is 2.58. The van der Waals surface area contributed by atoms with Crippen LogP contribution < -0.4 is 24.8 Å². The molecular weight excluding hydrogens is 364 g/mol. The summed E-state index contributed by atoms with van der Waals surface area (Å²) >= 11 is 0. The number of nitrogens with one attached hydrogen (secondary N) is 2. The molecule has 2 N–H and O–H groups in total. The van der Waals surface area contributed by atoms with Crippen LogP contribution in [0.1, 0.15) is 15.9 Å². The maximum atomic E-state index is 12.0. The third-order valence-corrected chi connectivity index (χ3v) is 3.99. The van der Waals surface area contributed by atoms with Crippen molar-refractivity contribution >= 4 is 17.7 Å². The summed E-state index contributed by atoms with van der Waals surface area (Å²) in [6.45, 7) is 0.407. The summed E-state index contributed by atoms with van der Waals surface area (Å²) in [6, 6.07) is 9.75. The number of ether oxygens (including phenoxy) is 4. The number of hydrogen-bond acceptors (Lipinski definition) is 6. The molecule has 2 rings (SSSR count). The molecule has 0 bridgehead atoms. The van der Waals surface area contributed by atoms with Gasteiger partial charge in [-0.05, 0) is 48.4 Å². The normalized spacial score (nSPS) is 10.0. The minimum Gasteiger partial charge on any atom is -0.493 e. The van der Waals surface area contributed by atoms with Gasteiger partial charge in [-0.15, -0.1) is 0 Å². The van der Waals surface area contributed by atoms with Crippen LogP contribution in [0.25, 0.3) is 0 Å². The van der Waals surface area contributed by atoms with Gasteiger partial charge in [-0.3, -0.25) is 0 Å². The fraction of sp³-hybridized carbons (Fsp3) is 0.300. The van der Waals surface area contributed by atoms with Crippen molar-refractivity contribution in [3.63, 3.8) is 0 Å². The van der Waals surface area contributed by atoms with Crippen molar-refractivity contribution in [3.8, 4) is 17.2 Å². The standard InChI is InChI=1S/C20H24N2O6/c1-25-16-11-13(12-17(26-2)18(16)27-3)9-10-21-20(24)22-15-7-5-14(6-8-15)19(23)28-4/h5-8,11-12H,9-10H2,1-4H3,(H2,21,22,24). The summed E-state index contributed by atoms with van der Waals surface area (Å²) in [7, 11) is 5.97.